The first-order valence-electron chi connectivity index (χ1n) is 6.27. The monoisotopic (exact) mass is 261 g/mol. The first-order chi connectivity index (χ1) is 9.81. The minimum absolute atomic E-state index is 0.276. The summed E-state index contributed by atoms with van der Waals surface area (Å²) in [6.07, 6.45) is 3.72. The highest BCUT2D eigenvalue weighted by molar-refractivity contribution is 5.93. The number of fused-ring (bicyclic) bond motifs is 2. The van der Waals surface area contributed by atoms with Crippen LogP contribution in [0.1, 0.15) is 0 Å². The van der Waals surface area contributed by atoms with Gasteiger partial charge in [0.1, 0.15) is 0 Å². The average Bonchev–Trinajstić information content (AvgIpc) is 2.85. The lowest BCUT2D eigenvalue weighted by Gasteiger charge is -2.05. The molecule has 0 aliphatic heterocycles. The Bertz CT molecular complexity index is 921. The Morgan fingerprint density at radius 3 is 2.85 bits per heavy atom. The van der Waals surface area contributed by atoms with Crippen LogP contribution in [0.25, 0.3) is 27.7 Å². The summed E-state index contributed by atoms with van der Waals surface area (Å²) in [4.78, 5) is 8.60. The summed E-state index contributed by atoms with van der Waals surface area (Å²) in [5, 5.41) is 5.26. The van der Waals surface area contributed by atoms with Crippen LogP contribution in [-0.4, -0.2) is 19.6 Å². The number of hydrogen-bond acceptors (Lipinski definition) is 4. The smallest absolute Gasteiger partial charge is 0.240 e. The molecule has 0 fully saturated rings. The van der Waals surface area contributed by atoms with Gasteiger partial charge in [-0.3, -0.25) is 4.98 Å². The Hall–Kier alpha value is -2.95. The molecular formula is C15H11N5. The maximum absolute atomic E-state index is 5.61. The molecule has 4 aromatic rings. The van der Waals surface area contributed by atoms with Crippen molar-refractivity contribution in [3.63, 3.8) is 0 Å². The predicted molar refractivity (Wildman–Crippen MR) is 78.1 cm³/mol. The number of anilines is 1. The third-order valence-electron chi connectivity index (χ3n) is 3.29. The number of pyridine rings is 2. The molecule has 0 amide bonds. The fourth-order valence-corrected chi connectivity index (χ4v) is 2.40. The van der Waals surface area contributed by atoms with E-state index in [4.69, 9.17) is 5.73 Å². The second-order valence-corrected chi connectivity index (χ2v) is 4.57. The zero-order valence-electron chi connectivity index (χ0n) is 10.6. The molecule has 3 aromatic heterocycles. The Balaban J connectivity index is 2.00. The fraction of sp³-hybridized carbons (Fsp3) is 0. The molecule has 20 heavy (non-hydrogen) atoms. The summed E-state index contributed by atoms with van der Waals surface area (Å²) in [5.74, 6) is 0.276. The molecule has 3 heterocycles. The quantitative estimate of drug-likeness (QED) is 0.571. The predicted octanol–water partition coefficient (Wildman–Crippen LogP) is 2.53. The van der Waals surface area contributed by atoms with E-state index in [2.05, 4.69) is 33.3 Å². The third kappa shape index (κ3) is 1.60. The van der Waals surface area contributed by atoms with Crippen LogP contribution in [0.15, 0.2) is 54.9 Å². The lowest BCUT2D eigenvalue weighted by molar-refractivity contribution is 0.970. The Labute approximate surface area is 114 Å². The SMILES string of the molecule is Nc1nc2ccc(-c3cccc4cccnc34)cn2n1. The summed E-state index contributed by atoms with van der Waals surface area (Å²) in [5.41, 5.74) is 9.43. The summed E-state index contributed by atoms with van der Waals surface area (Å²) in [6.45, 7) is 0. The summed E-state index contributed by atoms with van der Waals surface area (Å²) >= 11 is 0. The maximum Gasteiger partial charge on any atom is 0.240 e. The van der Waals surface area contributed by atoms with Crippen molar-refractivity contribution in [1.29, 1.82) is 0 Å². The first kappa shape index (κ1) is 10.9. The number of nitrogens with two attached hydrogens (primary N) is 1. The number of rotatable bonds is 1. The highest BCUT2D eigenvalue weighted by atomic mass is 15.3. The van der Waals surface area contributed by atoms with Gasteiger partial charge in [-0.25, -0.2) is 4.52 Å². The molecule has 5 nitrogen and oxygen atoms in total. The minimum atomic E-state index is 0.276. The molecule has 96 valence electrons. The largest absolute Gasteiger partial charge is 0.366 e. The second-order valence-electron chi connectivity index (χ2n) is 4.57. The van der Waals surface area contributed by atoms with Gasteiger partial charge in [0.05, 0.1) is 5.52 Å². The lowest BCUT2D eigenvalue weighted by Crippen LogP contribution is -1.91. The second kappa shape index (κ2) is 4.03. The normalized spacial score (nSPS) is 11.2. The van der Waals surface area contributed by atoms with Crippen molar-refractivity contribution in [3.05, 3.63) is 54.9 Å². The van der Waals surface area contributed by atoms with E-state index in [0.29, 0.717) is 0 Å². The number of benzene rings is 1. The van der Waals surface area contributed by atoms with Crippen LogP contribution in [0.5, 0.6) is 0 Å². The molecule has 0 unspecified atom stereocenters. The van der Waals surface area contributed by atoms with Crippen LogP contribution >= 0.6 is 0 Å². The third-order valence-corrected chi connectivity index (χ3v) is 3.29. The fourth-order valence-electron chi connectivity index (χ4n) is 2.40. The van der Waals surface area contributed by atoms with E-state index in [1.54, 1.807) is 10.7 Å². The van der Waals surface area contributed by atoms with Gasteiger partial charge in [0.25, 0.3) is 0 Å². The molecule has 4 rings (SSSR count). The minimum Gasteiger partial charge on any atom is -0.366 e. The van der Waals surface area contributed by atoms with Gasteiger partial charge in [0, 0.05) is 28.9 Å². The van der Waals surface area contributed by atoms with Gasteiger partial charge < -0.3 is 5.73 Å². The van der Waals surface area contributed by atoms with Gasteiger partial charge in [-0.2, -0.15) is 4.98 Å². The molecule has 0 spiro atoms. The van der Waals surface area contributed by atoms with Crippen LogP contribution in [0, 0.1) is 0 Å². The summed E-state index contributed by atoms with van der Waals surface area (Å²) in [6, 6.07) is 14.0. The van der Waals surface area contributed by atoms with E-state index in [-0.39, 0.29) is 5.95 Å². The van der Waals surface area contributed by atoms with Crippen molar-refractivity contribution in [2.45, 2.75) is 0 Å². The van der Waals surface area contributed by atoms with Gasteiger partial charge in [-0.1, -0.05) is 24.3 Å². The first-order valence-corrected chi connectivity index (χ1v) is 6.27. The number of nitrogen functional groups attached to an aromatic ring is 1. The number of nitrogens with zero attached hydrogens (tertiary/aromatic N) is 4. The van der Waals surface area contributed by atoms with Crippen LogP contribution in [0.4, 0.5) is 5.95 Å². The van der Waals surface area contributed by atoms with Crippen molar-refractivity contribution < 1.29 is 0 Å². The molecule has 0 aliphatic rings. The van der Waals surface area contributed by atoms with Crippen LogP contribution in [0.3, 0.4) is 0 Å². The summed E-state index contributed by atoms with van der Waals surface area (Å²) < 4.78 is 1.69. The van der Waals surface area contributed by atoms with Crippen molar-refractivity contribution >= 4 is 22.5 Å². The maximum atomic E-state index is 5.61. The molecule has 0 atom stereocenters. The molecule has 0 bridgehead atoms. The zero-order valence-corrected chi connectivity index (χ0v) is 10.6. The topological polar surface area (TPSA) is 69.1 Å². The number of para-hydroxylation sites is 1. The van der Waals surface area contributed by atoms with Gasteiger partial charge in [0.2, 0.25) is 5.95 Å². The highest BCUT2D eigenvalue weighted by Crippen LogP contribution is 2.26. The lowest BCUT2D eigenvalue weighted by atomic mass is 10.0. The molecule has 0 saturated heterocycles. The highest BCUT2D eigenvalue weighted by Gasteiger charge is 2.07. The van der Waals surface area contributed by atoms with E-state index >= 15 is 0 Å². The van der Waals surface area contributed by atoms with E-state index in [0.717, 1.165) is 27.7 Å². The van der Waals surface area contributed by atoms with Crippen molar-refractivity contribution in [1.82, 2.24) is 19.6 Å². The van der Waals surface area contributed by atoms with Gasteiger partial charge >= 0.3 is 0 Å². The van der Waals surface area contributed by atoms with Crippen molar-refractivity contribution in [2.24, 2.45) is 0 Å². The standard InChI is InChI=1S/C15H11N5/c16-15-18-13-7-6-11(9-20(13)19-15)12-5-1-3-10-4-2-8-17-14(10)12/h1-9H,(H2,16,19). The van der Waals surface area contributed by atoms with E-state index in [1.807, 2.05) is 30.5 Å². The van der Waals surface area contributed by atoms with Gasteiger partial charge in [-0.05, 0) is 18.2 Å². The number of aromatic nitrogens is 4. The molecule has 0 saturated carbocycles. The average molecular weight is 261 g/mol. The van der Waals surface area contributed by atoms with Crippen LogP contribution < -0.4 is 5.73 Å². The molecule has 5 heteroatoms. The molecule has 2 N–H and O–H groups in total. The molecule has 0 radical (unpaired) electrons. The van der Waals surface area contributed by atoms with E-state index < -0.39 is 0 Å². The van der Waals surface area contributed by atoms with Gasteiger partial charge in [-0.15, -0.1) is 5.10 Å². The van der Waals surface area contributed by atoms with Crippen molar-refractivity contribution in [3.8, 4) is 11.1 Å². The molecule has 0 aliphatic carbocycles. The molecular weight excluding hydrogens is 250 g/mol. The van der Waals surface area contributed by atoms with Crippen molar-refractivity contribution in [2.75, 3.05) is 5.73 Å². The number of hydrogen-bond donors (Lipinski definition) is 1. The van der Waals surface area contributed by atoms with E-state index in [9.17, 15) is 0 Å². The Morgan fingerprint density at radius 2 is 1.90 bits per heavy atom. The zero-order chi connectivity index (χ0) is 13.5. The van der Waals surface area contributed by atoms with Crippen LogP contribution in [0.2, 0.25) is 0 Å². The van der Waals surface area contributed by atoms with Gasteiger partial charge in [0.15, 0.2) is 5.65 Å². The Kier molecular flexibility index (Phi) is 2.20. The summed E-state index contributed by atoms with van der Waals surface area (Å²) in [7, 11) is 0. The van der Waals surface area contributed by atoms with Crippen LogP contribution in [-0.2, 0) is 0 Å². The van der Waals surface area contributed by atoms with E-state index in [1.165, 1.54) is 0 Å². The molecule has 1 aromatic carbocycles. The Morgan fingerprint density at radius 1 is 1.00 bits per heavy atom.